The lowest BCUT2D eigenvalue weighted by Crippen LogP contribution is -2.12. The zero-order valence-electron chi connectivity index (χ0n) is 13.0. The summed E-state index contributed by atoms with van der Waals surface area (Å²) in [5.41, 5.74) is 2.58. The number of carboxylic acids is 1. The van der Waals surface area contributed by atoms with E-state index in [4.69, 9.17) is 10.2 Å². The van der Waals surface area contributed by atoms with Crippen LogP contribution in [0.2, 0.25) is 0 Å². The van der Waals surface area contributed by atoms with Crippen LogP contribution in [0.5, 0.6) is 0 Å². The molecule has 3 rings (SSSR count). The SMILES string of the molecule is NS(=O)(=O)c1ccc(-n2nc(CC(=O)O)cc2-c2ccccc2)cc1. The minimum atomic E-state index is -3.78. The van der Waals surface area contributed by atoms with Crippen LogP contribution in [-0.2, 0) is 21.2 Å². The standard InChI is InChI=1S/C17H15N3O4S/c18-25(23,24)15-8-6-14(7-9-15)20-16(12-4-2-1-3-5-12)10-13(19-20)11-17(21)22/h1-10H,11H2,(H,21,22)(H2,18,23,24). The van der Waals surface area contributed by atoms with Crippen LogP contribution in [0.25, 0.3) is 16.9 Å². The predicted molar refractivity (Wildman–Crippen MR) is 91.7 cm³/mol. The molecular formula is C17H15N3O4S. The maximum Gasteiger partial charge on any atom is 0.309 e. The van der Waals surface area contributed by atoms with Crippen LogP contribution in [-0.4, -0.2) is 29.3 Å². The summed E-state index contributed by atoms with van der Waals surface area (Å²) in [4.78, 5) is 11.0. The number of rotatable bonds is 5. The molecule has 25 heavy (non-hydrogen) atoms. The van der Waals surface area contributed by atoms with E-state index in [0.29, 0.717) is 17.1 Å². The first-order valence-corrected chi connectivity index (χ1v) is 8.88. The van der Waals surface area contributed by atoms with Crippen LogP contribution in [0.4, 0.5) is 0 Å². The molecule has 0 aliphatic carbocycles. The smallest absolute Gasteiger partial charge is 0.309 e. The number of aromatic nitrogens is 2. The minimum Gasteiger partial charge on any atom is -0.481 e. The molecule has 0 saturated heterocycles. The number of primary sulfonamides is 1. The van der Waals surface area contributed by atoms with Crippen molar-refractivity contribution in [3.05, 3.63) is 66.4 Å². The fourth-order valence-electron chi connectivity index (χ4n) is 2.46. The Hall–Kier alpha value is -2.97. The third-order valence-electron chi connectivity index (χ3n) is 3.57. The van der Waals surface area contributed by atoms with Gasteiger partial charge in [0, 0.05) is 5.56 Å². The number of sulfonamides is 1. The summed E-state index contributed by atoms with van der Waals surface area (Å²) in [6, 6.07) is 17.0. The number of hydrogen-bond donors (Lipinski definition) is 2. The van der Waals surface area contributed by atoms with Crippen LogP contribution in [0.15, 0.2) is 65.6 Å². The first-order chi connectivity index (χ1) is 11.8. The summed E-state index contributed by atoms with van der Waals surface area (Å²) in [6.45, 7) is 0. The second-order valence-electron chi connectivity index (χ2n) is 5.41. The average molecular weight is 357 g/mol. The fourth-order valence-corrected chi connectivity index (χ4v) is 2.98. The molecule has 1 heterocycles. The summed E-state index contributed by atoms with van der Waals surface area (Å²) < 4.78 is 24.4. The Bertz CT molecular complexity index is 1010. The monoisotopic (exact) mass is 357 g/mol. The van der Waals surface area contributed by atoms with Gasteiger partial charge >= 0.3 is 5.97 Å². The Morgan fingerprint density at radius 3 is 2.28 bits per heavy atom. The summed E-state index contributed by atoms with van der Waals surface area (Å²) in [7, 11) is -3.78. The fraction of sp³-hybridized carbons (Fsp3) is 0.0588. The number of nitrogens with zero attached hydrogens (tertiary/aromatic N) is 2. The Morgan fingerprint density at radius 1 is 1.08 bits per heavy atom. The van der Waals surface area contributed by atoms with Gasteiger partial charge in [0.05, 0.1) is 28.4 Å². The molecule has 3 N–H and O–H groups in total. The maximum absolute atomic E-state index is 11.4. The Balaban J connectivity index is 2.11. The molecule has 0 aliphatic rings. The van der Waals surface area contributed by atoms with Gasteiger partial charge in [0.25, 0.3) is 0 Å². The molecule has 0 saturated carbocycles. The highest BCUT2D eigenvalue weighted by Gasteiger charge is 2.14. The van der Waals surface area contributed by atoms with Crippen LogP contribution in [0.1, 0.15) is 5.69 Å². The highest BCUT2D eigenvalue weighted by Crippen LogP contribution is 2.24. The number of nitrogens with two attached hydrogens (primary N) is 1. The first kappa shape index (κ1) is 16.9. The molecule has 1 aromatic heterocycles. The van der Waals surface area contributed by atoms with Crippen molar-refractivity contribution in [3.8, 4) is 16.9 Å². The third-order valence-corrected chi connectivity index (χ3v) is 4.50. The molecule has 128 valence electrons. The molecule has 0 amide bonds. The van der Waals surface area contributed by atoms with Gasteiger partial charge in [0.1, 0.15) is 0 Å². The van der Waals surface area contributed by atoms with Gasteiger partial charge in [-0.25, -0.2) is 18.2 Å². The first-order valence-electron chi connectivity index (χ1n) is 7.34. The van der Waals surface area contributed by atoms with E-state index in [1.54, 1.807) is 22.9 Å². The molecular weight excluding hydrogens is 342 g/mol. The molecule has 0 unspecified atom stereocenters. The van der Waals surface area contributed by atoms with Crippen molar-refractivity contribution < 1.29 is 18.3 Å². The second kappa shape index (κ2) is 6.50. The Morgan fingerprint density at radius 2 is 1.72 bits per heavy atom. The zero-order valence-corrected chi connectivity index (χ0v) is 13.8. The molecule has 0 atom stereocenters. The number of hydrogen-bond acceptors (Lipinski definition) is 4. The predicted octanol–water partition coefficient (Wildman–Crippen LogP) is 1.81. The number of aliphatic carboxylic acids is 1. The molecule has 0 spiro atoms. The number of benzene rings is 2. The molecule has 2 aromatic carbocycles. The highest BCUT2D eigenvalue weighted by molar-refractivity contribution is 7.89. The molecule has 0 aliphatic heterocycles. The van der Waals surface area contributed by atoms with E-state index in [9.17, 15) is 13.2 Å². The molecule has 0 radical (unpaired) electrons. The van der Waals surface area contributed by atoms with Crippen LogP contribution >= 0.6 is 0 Å². The second-order valence-corrected chi connectivity index (χ2v) is 6.97. The molecule has 8 heteroatoms. The van der Waals surface area contributed by atoms with E-state index in [1.807, 2.05) is 30.3 Å². The van der Waals surface area contributed by atoms with Crippen molar-refractivity contribution in [2.75, 3.05) is 0 Å². The quantitative estimate of drug-likeness (QED) is 0.722. The molecule has 0 fully saturated rings. The van der Waals surface area contributed by atoms with Crippen molar-refractivity contribution in [1.29, 1.82) is 0 Å². The Labute approximate surface area is 144 Å². The van der Waals surface area contributed by atoms with Gasteiger partial charge in [0.15, 0.2) is 0 Å². The zero-order chi connectivity index (χ0) is 18.0. The van der Waals surface area contributed by atoms with Gasteiger partial charge in [-0.1, -0.05) is 30.3 Å². The van der Waals surface area contributed by atoms with Crippen LogP contribution in [0.3, 0.4) is 0 Å². The van der Waals surface area contributed by atoms with E-state index in [-0.39, 0.29) is 11.3 Å². The van der Waals surface area contributed by atoms with Crippen LogP contribution < -0.4 is 5.14 Å². The number of carboxylic acid groups (broad SMARTS) is 1. The largest absolute Gasteiger partial charge is 0.481 e. The summed E-state index contributed by atoms with van der Waals surface area (Å²) in [5, 5.41) is 18.5. The summed E-state index contributed by atoms with van der Waals surface area (Å²) in [6.07, 6.45) is -0.206. The van der Waals surface area contributed by atoms with E-state index >= 15 is 0 Å². The van der Waals surface area contributed by atoms with E-state index < -0.39 is 16.0 Å². The minimum absolute atomic E-state index is 0.00423. The summed E-state index contributed by atoms with van der Waals surface area (Å²) >= 11 is 0. The van der Waals surface area contributed by atoms with Gasteiger partial charge in [-0.05, 0) is 30.3 Å². The normalized spacial score (nSPS) is 11.4. The average Bonchev–Trinajstić information content (AvgIpc) is 2.98. The van der Waals surface area contributed by atoms with E-state index in [1.165, 1.54) is 12.1 Å². The van der Waals surface area contributed by atoms with Gasteiger partial charge in [-0.3, -0.25) is 4.79 Å². The third kappa shape index (κ3) is 3.76. The highest BCUT2D eigenvalue weighted by atomic mass is 32.2. The van der Waals surface area contributed by atoms with Crippen molar-refractivity contribution in [3.63, 3.8) is 0 Å². The van der Waals surface area contributed by atoms with Crippen molar-refractivity contribution in [2.45, 2.75) is 11.3 Å². The van der Waals surface area contributed by atoms with Crippen LogP contribution in [0, 0.1) is 0 Å². The van der Waals surface area contributed by atoms with E-state index in [2.05, 4.69) is 5.10 Å². The van der Waals surface area contributed by atoms with Crippen molar-refractivity contribution in [1.82, 2.24) is 9.78 Å². The van der Waals surface area contributed by atoms with Gasteiger partial charge in [-0.2, -0.15) is 5.10 Å². The van der Waals surface area contributed by atoms with Gasteiger partial charge in [0.2, 0.25) is 10.0 Å². The molecule has 3 aromatic rings. The maximum atomic E-state index is 11.4. The van der Waals surface area contributed by atoms with Gasteiger partial charge < -0.3 is 5.11 Å². The lowest BCUT2D eigenvalue weighted by molar-refractivity contribution is -0.136. The molecule has 7 nitrogen and oxygen atoms in total. The van der Waals surface area contributed by atoms with Crippen molar-refractivity contribution in [2.24, 2.45) is 5.14 Å². The topological polar surface area (TPSA) is 115 Å². The van der Waals surface area contributed by atoms with Crippen molar-refractivity contribution >= 4 is 16.0 Å². The number of carbonyl (C=O) groups is 1. The summed E-state index contributed by atoms with van der Waals surface area (Å²) in [5.74, 6) is -0.978. The lowest BCUT2D eigenvalue weighted by atomic mass is 10.1. The lowest BCUT2D eigenvalue weighted by Gasteiger charge is -2.08. The molecule has 0 bridgehead atoms. The van der Waals surface area contributed by atoms with Gasteiger partial charge in [-0.15, -0.1) is 0 Å². The Kier molecular flexibility index (Phi) is 4.39. The van der Waals surface area contributed by atoms with E-state index in [0.717, 1.165) is 5.56 Å².